The van der Waals surface area contributed by atoms with E-state index in [1.807, 2.05) is 30.3 Å². The number of rotatable bonds is 8. The molecule has 0 bridgehead atoms. The van der Waals surface area contributed by atoms with Crippen molar-refractivity contribution in [1.82, 2.24) is 29.8 Å². The van der Waals surface area contributed by atoms with E-state index in [-0.39, 0.29) is 30.3 Å². The van der Waals surface area contributed by atoms with E-state index >= 15 is 0 Å². The Bertz CT molecular complexity index is 1310. The summed E-state index contributed by atoms with van der Waals surface area (Å²) in [6.07, 6.45) is 4.56. The van der Waals surface area contributed by atoms with E-state index in [2.05, 4.69) is 25.1 Å². The number of sulfonamides is 1. The van der Waals surface area contributed by atoms with E-state index in [1.165, 1.54) is 17.3 Å². The zero-order valence-corrected chi connectivity index (χ0v) is 17.3. The molecule has 4 rings (SSSR count). The molecule has 0 radical (unpaired) electrons. The number of amides is 1. The third-order valence-corrected chi connectivity index (χ3v) is 6.11. The first-order valence-corrected chi connectivity index (χ1v) is 11.1. The smallest absolute Gasteiger partial charge is 0.240 e. The molecule has 0 spiro atoms. The molecule has 0 saturated heterocycles. The second-order valence-corrected chi connectivity index (χ2v) is 8.53. The second-order valence-electron chi connectivity index (χ2n) is 6.76. The summed E-state index contributed by atoms with van der Waals surface area (Å²) in [5, 5.41) is 8.62. The minimum absolute atomic E-state index is 0.00569. The van der Waals surface area contributed by atoms with E-state index in [1.54, 1.807) is 30.5 Å². The molecule has 0 aliphatic heterocycles. The summed E-state index contributed by atoms with van der Waals surface area (Å²) in [6, 6.07) is 16.0. The van der Waals surface area contributed by atoms with Crippen LogP contribution in [-0.4, -0.2) is 40.6 Å². The largest absolute Gasteiger partial charge is 0.352 e. The summed E-state index contributed by atoms with van der Waals surface area (Å²) in [5.74, 6) is 0.284. The minimum Gasteiger partial charge on any atom is -0.352 e. The molecule has 9 nitrogen and oxygen atoms in total. The summed E-state index contributed by atoms with van der Waals surface area (Å²) < 4.78 is 29.1. The Morgan fingerprint density at radius 3 is 2.68 bits per heavy atom. The van der Waals surface area contributed by atoms with E-state index in [0.29, 0.717) is 5.82 Å². The highest BCUT2D eigenvalue weighted by molar-refractivity contribution is 7.89. The van der Waals surface area contributed by atoms with Gasteiger partial charge in [-0.2, -0.15) is 5.10 Å². The van der Waals surface area contributed by atoms with Gasteiger partial charge in [-0.25, -0.2) is 27.8 Å². The summed E-state index contributed by atoms with van der Waals surface area (Å²) in [6.45, 7) is 0.225. The first-order chi connectivity index (χ1) is 15.0. The van der Waals surface area contributed by atoms with Gasteiger partial charge < -0.3 is 5.32 Å². The summed E-state index contributed by atoms with van der Waals surface area (Å²) >= 11 is 0. The van der Waals surface area contributed by atoms with Crippen LogP contribution in [0, 0.1) is 0 Å². The maximum absolute atomic E-state index is 12.5. The van der Waals surface area contributed by atoms with Crippen LogP contribution in [0.3, 0.4) is 0 Å². The van der Waals surface area contributed by atoms with Gasteiger partial charge in [-0.1, -0.05) is 36.4 Å². The average Bonchev–Trinajstić information content (AvgIpc) is 3.32. The standard InChI is InChI=1S/C21H20N6O3S/c28-20(24-13-18-6-3-10-23-21(18)27-15-22-14-25-27)9-11-26-31(29,30)19-8-7-16-4-1-2-5-17(16)12-19/h1-8,10,12,14-15,26H,9,11,13H2,(H,24,28). The van der Waals surface area contributed by atoms with Crippen LogP contribution in [0.1, 0.15) is 12.0 Å². The van der Waals surface area contributed by atoms with Crippen molar-refractivity contribution >= 4 is 26.7 Å². The molecule has 4 aromatic rings. The van der Waals surface area contributed by atoms with Gasteiger partial charge in [0.15, 0.2) is 5.82 Å². The third-order valence-electron chi connectivity index (χ3n) is 4.65. The molecule has 0 aliphatic carbocycles. The molecule has 1 amide bonds. The zero-order chi connectivity index (χ0) is 21.7. The SMILES string of the molecule is O=C(CCNS(=O)(=O)c1ccc2ccccc2c1)NCc1cccnc1-n1cncn1. The van der Waals surface area contributed by atoms with Gasteiger partial charge in [0.25, 0.3) is 0 Å². The number of benzene rings is 2. The van der Waals surface area contributed by atoms with Gasteiger partial charge in [-0.3, -0.25) is 4.79 Å². The highest BCUT2D eigenvalue weighted by Crippen LogP contribution is 2.18. The molecule has 2 aromatic carbocycles. The lowest BCUT2D eigenvalue weighted by molar-refractivity contribution is -0.121. The highest BCUT2D eigenvalue weighted by Gasteiger charge is 2.15. The Hall–Kier alpha value is -3.63. The molecule has 0 fully saturated rings. The van der Waals surface area contributed by atoms with Crippen molar-refractivity contribution in [2.45, 2.75) is 17.9 Å². The fraction of sp³-hybridized carbons (Fsp3) is 0.143. The second kappa shape index (κ2) is 9.02. The van der Waals surface area contributed by atoms with Gasteiger partial charge in [0, 0.05) is 31.3 Å². The van der Waals surface area contributed by atoms with Gasteiger partial charge in [0.2, 0.25) is 15.9 Å². The Morgan fingerprint density at radius 2 is 1.87 bits per heavy atom. The van der Waals surface area contributed by atoms with Crippen molar-refractivity contribution < 1.29 is 13.2 Å². The van der Waals surface area contributed by atoms with Gasteiger partial charge in [-0.05, 0) is 29.0 Å². The molecule has 0 unspecified atom stereocenters. The van der Waals surface area contributed by atoms with Crippen molar-refractivity contribution in [2.75, 3.05) is 6.54 Å². The number of nitrogens with one attached hydrogen (secondary N) is 2. The maximum Gasteiger partial charge on any atom is 0.240 e. The van der Waals surface area contributed by atoms with Crippen LogP contribution in [0.5, 0.6) is 0 Å². The molecule has 2 N–H and O–H groups in total. The zero-order valence-electron chi connectivity index (χ0n) is 16.5. The fourth-order valence-electron chi connectivity index (χ4n) is 3.09. The molecule has 158 valence electrons. The first-order valence-electron chi connectivity index (χ1n) is 9.57. The molecule has 0 atom stereocenters. The molecule has 10 heteroatoms. The maximum atomic E-state index is 12.5. The Morgan fingerprint density at radius 1 is 1.03 bits per heavy atom. The Balaban J connectivity index is 1.32. The molecule has 31 heavy (non-hydrogen) atoms. The average molecular weight is 436 g/mol. The third kappa shape index (κ3) is 4.93. The normalized spacial score (nSPS) is 11.5. The van der Waals surface area contributed by atoms with Crippen LogP contribution in [0.4, 0.5) is 0 Å². The first kappa shape index (κ1) is 20.6. The molecular weight excluding hydrogens is 416 g/mol. The lowest BCUT2D eigenvalue weighted by Gasteiger charge is -2.10. The van der Waals surface area contributed by atoms with Gasteiger partial charge in [0.1, 0.15) is 12.7 Å². The lowest BCUT2D eigenvalue weighted by atomic mass is 10.1. The van der Waals surface area contributed by atoms with Gasteiger partial charge in [0.05, 0.1) is 4.90 Å². The van der Waals surface area contributed by atoms with Crippen molar-refractivity contribution in [3.05, 3.63) is 79.0 Å². The van der Waals surface area contributed by atoms with Gasteiger partial charge in [-0.15, -0.1) is 0 Å². The predicted molar refractivity (Wildman–Crippen MR) is 115 cm³/mol. The topological polar surface area (TPSA) is 119 Å². The van der Waals surface area contributed by atoms with Crippen LogP contribution in [0.15, 0.2) is 78.3 Å². The summed E-state index contributed by atoms with van der Waals surface area (Å²) in [7, 11) is -3.71. The summed E-state index contributed by atoms with van der Waals surface area (Å²) in [5.41, 5.74) is 0.762. The number of hydrogen-bond acceptors (Lipinski definition) is 6. The van der Waals surface area contributed by atoms with E-state index in [0.717, 1.165) is 16.3 Å². The lowest BCUT2D eigenvalue weighted by Crippen LogP contribution is -2.30. The van der Waals surface area contributed by atoms with Crippen molar-refractivity contribution in [2.24, 2.45) is 0 Å². The van der Waals surface area contributed by atoms with E-state index in [9.17, 15) is 13.2 Å². The number of fused-ring (bicyclic) bond motifs is 1. The quantitative estimate of drug-likeness (QED) is 0.435. The number of nitrogens with zero attached hydrogens (tertiary/aromatic N) is 4. The molecular formula is C21H20N6O3S. The molecule has 2 heterocycles. The number of pyridine rings is 1. The predicted octanol–water partition coefficient (Wildman–Crippen LogP) is 1.80. The van der Waals surface area contributed by atoms with Crippen LogP contribution in [-0.2, 0) is 21.4 Å². The Labute approximate surface area is 179 Å². The summed E-state index contributed by atoms with van der Waals surface area (Å²) in [4.78, 5) is 20.5. The van der Waals surface area contributed by atoms with E-state index < -0.39 is 10.0 Å². The minimum atomic E-state index is -3.71. The highest BCUT2D eigenvalue weighted by atomic mass is 32.2. The van der Waals surface area contributed by atoms with Crippen molar-refractivity contribution in [1.29, 1.82) is 0 Å². The van der Waals surface area contributed by atoms with Crippen LogP contribution in [0.25, 0.3) is 16.6 Å². The Kier molecular flexibility index (Phi) is 6.01. The monoisotopic (exact) mass is 436 g/mol. The molecule has 2 aromatic heterocycles. The van der Waals surface area contributed by atoms with Crippen LogP contribution in [0.2, 0.25) is 0 Å². The van der Waals surface area contributed by atoms with Crippen molar-refractivity contribution in [3.63, 3.8) is 0 Å². The number of aromatic nitrogens is 4. The number of hydrogen-bond donors (Lipinski definition) is 2. The van der Waals surface area contributed by atoms with E-state index in [4.69, 9.17) is 0 Å². The molecule has 0 aliphatic rings. The molecule has 0 saturated carbocycles. The van der Waals surface area contributed by atoms with Crippen molar-refractivity contribution in [3.8, 4) is 5.82 Å². The van der Waals surface area contributed by atoms with Crippen LogP contribution < -0.4 is 10.0 Å². The van der Waals surface area contributed by atoms with Crippen LogP contribution >= 0.6 is 0 Å². The number of carbonyl (C=O) groups is 1. The van der Waals surface area contributed by atoms with Gasteiger partial charge >= 0.3 is 0 Å². The fourth-order valence-corrected chi connectivity index (χ4v) is 4.16. The number of carbonyl (C=O) groups excluding carboxylic acids is 1.